The number of aryl methyl sites for hydroxylation is 1. The Balaban J connectivity index is 1.87. The summed E-state index contributed by atoms with van der Waals surface area (Å²) >= 11 is 0. The van der Waals surface area contributed by atoms with Crippen LogP contribution in [0.3, 0.4) is 0 Å². The van der Waals surface area contributed by atoms with Gasteiger partial charge in [-0.25, -0.2) is 4.79 Å². The van der Waals surface area contributed by atoms with E-state index < -0.39 is 5.97 Å². The van der Waals surface area contributed by atoms with Crippen LogP contribution >= 0.6 is 0 Å². The van der Waals surface area contributed by atoms with Crippen molar-refractivity contribution in [2.45, 2.75) is 25.8 Å². The van der Waals surface area contributed by atoms with Gasteiger partial charge in [-0.05, 0) is 49.6 Å². The number of ether oxygens (including phenoxy) is 1. The van der Waals surface area contributed by atoms with E-state index in [0.717, 1.165) is 12.8 Å². The highest BCUT2D eigenvalue weighted by atomic mass is 16.5. The highest BCUT2D eigenvalue weighted by Crippen LogP contribution is 2.08. The molecule has 2 rings (SSSR count). The molecule has 23 heavy (non-hydrogen) atoms. The highest BCUT2D eigenvalue weighted by Gasteiger charge is 2.11. The standard InChI is InChI=1S/C19H21NO3/c1-14(8-9-15-6-4-3-5-7-15)20-18(21)16-10-12-17(13-11-16)19(22)23-2/h3-7,10-14H,8-9H2,1-2H3,(H,20,21). The van der Waals surface area contributed by atoms with Crippen LogP contribution in [0.15, 0.2) is 54.6 Å². The molecular formula is C19H21NO3. The van der Waals surface area contributed by atoms with Gasteiger partial charge in [0.25, 0.3) is 5.91 Å². The fourth-order valence-electron chi connectivity index (χ4n) is 2.28. The van der Waals surface area contributed by atoms with Gasteiger partial charge in [0, 0.05) is 11.6 Å². The first kappa shape index (κ1) is 16.7. The van der Waals surface area contributed by atoms with Crippen molar-refractivity contribution < 1.29 is 14.3 Å². The first-order valence-corrected chi connectivity index (χ1v) is 7.63. The van der Waals surface area contributed by atoms with E-state index in [1.54, 1.807) is 24.3 Å². The number of esters is 1. The van der Waals surface area contributed by atoms with Crippen LogP contribution in [0.25, 0.3) is 0 Å². The van der Waals surface area contributed by atoms with Crippen molar-refractivity contribution in [2.24, 2.45) is 0 Å². The molecule has 0 aliphatic rings. The predicted octanol–water partition coefficient (Wildman–Crippen LogP) is 3.22. The lowest BCUT2D eigenvalue weighted by Crippen LogP contribution is -2.32. The van der Waals surface area contributed by atoms with Crippen molar-refractivity contribution in [1.82, 2.24) is 5.32 Å². The Hall–Kier alpha value is -2.62. The first-order valence-electron chi connectivity index (χ1n) is 7.63. The third-order valence-corrected chi connectivity index (χ3v) is 3.65. The number of hydrogen-bond donors (Lipinski definition) is 1. The number of methoxy groups -OCH3 is 1. The molecule has 1 atom stereocenters. The van der Waals surface area contributed by atoms with Crippen LogP contribution < -0.4 is 5.32 Å². The van der Waals surface area contributed by atoms with Gasteiger partial charge in [0.15, 0.2) is 0 Å². The summed E-state index contributed by atoms with van der Waals surface area (Å²) in [5.41, 5.74) is 2.22. The van der Waals surface area contributed by atoms with Crippen LogP contribution in [0.2, 0.25) is 0 Å². The van der Waals surface area contributed by atoms with E-state index in [1.807, 2.05) is 25.1 Å². The molecule has 0 saturated heterocycles. The Morgan fingerprint density at radius 1 is 1.00 bits per heavy atom. The lowest BCUT2D eigenvalue weighted by Gasteiger charge is -2.14. The summed E-state index contributed by atoms with van der Waals surface area (Å²) in [5.74, 6) is -0.546. The quantitative estimate of drug-likeness (QED) is 0.833. The lowest BCUT2D eigenvalue weighted by atomic mass is 10.1. The summed E-state index contributed by atoms with van der Waals surface area (Å²) in [6.45, 7) is 1.99. The molecular weight excluding hydrogens is 290 g/mol. The van der Waals surface area contributed by atoms with Gasteiger partial charge in [-0.2, -0.15) is 0 Å². The van der Waals surface area contributed by atoms with Crippen LogP contribution in [0.5, 0.6) is 0 Å². The molecule has 0 fully saturated rings. The fraction of sp³-hybridized carbons (Fsp3) is 0.263. The first-order chi connectivity index (χ1) is 11.1. The normalized spacial score (nSPS) is 11.6. The molecule has 4 heteroatoms. The molecule has 1 amide bonds. The van der Waals surface area contributed by atoms with Gasteiger partial charge >= 0.3 is 5.97 Å². The topological polar surface area (TPSA) is 55.4 Å². The van der Waals surface area contributed by atoms with Crippen molar-refractivity contribution in [3.63, 3.8) is 0 Å². The number of rotatable bonds is 6. The average molecular weight is 311 g/mol. The number of hydrogen-bond acceptors (Lipinski definition) is 3. The van der Waals surface area contributed by atoms with Crippen LogP contribution in [-0.2, 0) is 11.2 Å². The van der Waals surface area contributed by atoms with Crippen LogP contribution in [0.4, 0.5) is 0 Å². The van der Waals surface area contributed by atoms with Gasteiger partial charge < -0.3 is 10.1 Å². The van der Waals surface area contributed by atoms with Crippen LogP contribution in [0, 0.1) is 0 Å². The summed E-state index contributed by atoms with van der Waals surface area (Å²) < 4.78 is 4.64. The highest BCUT2D eigenvalue weighted by molar-refractivity contribution is 5.96. The van der Waals surface area contributed by atoms with Gasteiger partial charge in [-0.1, -0.05) is 30.3 Å². The van der Waals surface area contributed by atoms with E-state index >= 15 is 0 Å². The Morgan fingerprint density at radius 2 is 1.61 bits per heavy atom. The van der Waals surface area contributed by atoms with Gasteiger partial charge in [0.05, 0.1) is 12.7 Å². The smallest absolute Gasteiger partial charge is 0.337 e. The van der Waals surface area contributed by atoms with Crippen molar-refractivity contribution >= 4 is 11.9 Å². The number of nitrogens with one attached hydrogen (secondary N) is 1. The minimum Gasteiger partial charge on any atom is -0.465 e. The molecule has 0 aliphatic heterocycles. The molecule has 0 bridgehead atoms. The maximum atomic E-state index is 12.2. The summed E-state index contributed by atoms with van der Waals surface area (Å²) in [5, 5.41) is 2.97. The second kappa shape index (κ2) is 8.13. The SMILES string of the molecule is COC(=O)c1ccc(C(=O)NC(C)CCc2ccccc2)cc1. The monoisotopic (exact) mass is 311 g/mol. The summed E-state index contributed by atoms with van der Waals surface area (Å²) in [4.78, 5) is 23.6. The van der Waals surface area contributed by atoms with Gasteiger partial charge in [-0.15, -0.1) is 0 Å². The number of amides is 1. The molecule has 0 radical (unpaired) electrons. The van der Waals surface area contributed by atoms with E-state index in [4.69, 9.17) is 0 Å². The molecule has 1 unspecified atom stereocenters. The van der Waals surface area contributed by atoms with Gasteiger partial charge in [-0.3, -0.25) is 4.79 Å². The minimum atomic E-state index is -0.409. The Kier molecular flexibility index (Phi) is 5.92. The van der Waals surface area contributed by atoms with E-state index in [0.29, 0.717) is 11.1 Å². The van der Waals surface area contributed by atoms with Crippen molar-refractivity contribution in [3.8, 4) is 0 Å². The molecule has 1 N–H and O–H groups in total. The van der Waals surface area contributed by atoms with Crippen molar-refractivity contribution in [3.05, 3.63) is 71.3 Å². The zero-order valence-electron chi connectivity index (χ0n) is 13.4. The molecule has 0 aromatic heterocycles. The molecule has 0 heterocycles. The molecule has 2 aromatic rings. The molecule has 4 nitrogen and oxygen atoms in total. The third-order valence-electron chi connectivity index (χ3n) is 3.65. The van der Waals surface area contributed by atoms with E-state index in [1.165, 1.54) is 12.7 Å². The minimum absolute atomic E-state index is 0.0722. The zero-order chi connectivity index (χ0) is 16.7. The predicted molar refractivity (Wildman–Crippen MR) is 89.5 cm³/mol. The molecule has 0 saturated carbocycles. The van der Waals surface area contributed by atoms with Crippen LogP contribution in [0.1, 0.15) is 39.6 Å². The molecule has 0 spiro atoms. The van der Waals surface area contributed by atoms with Crippen molar-refractivity contribution in [1.29, 1.82) is 0 Å². The fourth-order valence-corrected chi connectivity index (χ4v) is 2.28. The maximum Gasteiger partial charge on any atom is 0.337 e. The molecule has 120 valence electrons. The maximum absolute atomic E-state index is 12.2. The Labute approximate surface area is 136 Å². The van der Waals surface area contributed by atoms with E-state index in [-0.39, 0.29) is 11.9 Å². The number of benzene rings is 2. The van der Waals surface area contributed by atoms with E-state index in [9.17, 15) is 9.59 Å². The van der Waals surface area contributed by atoms with E-state index in [2.05, 4.69) is 22.2 Å². The summed E-state index contributed by atoms with van der Waals surface area (Å²) in [6, 6.07) is 16.7. The Morgan fingerprint density at radius 3 is 2.22 bits per heavy atom. The van der Waals surface area contributed by atoms with Crippen LogP contribution in [-0.4, -0.2) is 25.0 Å². The second-order valence-corrected chi connectivity index (χ2v) is 5.47. The third kappa shape index (κ3) is 4.95. The second-order valence-electron chi connectivity index (χ2n) is 5.47. The lowest BCUT2D eigenvalue weighted by molar-refractivity contribution is 0.0600. The average Bonchev–Trinajstić information content (AvgIpc) is 2.60. The number of carbonyl (C=O) groups excluding carboxylic acids is 2. The number of carbonyl (C=O) groups is 2. The van der Waals surface area contributed by atoms with Gasteiger partial charge in [0.2, 0.25) is 0 Å². The van der Waals surface area contributed by atoms with Gasteiger partial charge in [0.1, 0.15) is 0 Å². The summed E-state index contributed by atoms with van der Waals surface area (Å²) in [6.07, 6.45) is 1.79. The Bertz CT molecular complexity index is 650. The largest absolute Gasteiger partial charge is 0.465 e. The summed E-state index contributed by atoms with van der Waals surface area (Å²) in [7, 11) is 1.33. The molecule has 2 aromatic carbocycles. The molecule has 0 aliphatic carbocycles. The van der Waals surface area contributed by atoms with Crippen molar-refractivity contribution in [2.75, 3.05) is 7.11 Å². The zero-order valence-corrected chi connectivity index (χ0v) is 13.4.